The third kappa shape index (κ3) is 2.78. The fourth-order valence-corrected chi connectivity index (χ4v) is 2.05. The van der Waals surface area contributed by atoms with E-state index in [9.17, 15) is 13.6 Å². The summed E-state index contributed by atoms with van der Waals surface area (Å²) in [5.74, 6) is -2.85. The van der Waals surface area contributed by atoms with Crippen LogP contribution in [-0.4, -0.2) is 42.9 Å². The molecule has 2 fully saturated rings. The normalized spacial score (nSPS) is 28.9. The minimum atomic E-state index is -2.66. The number of nitrogens with zero attached hydrogens (tertiary/aromatic N) is 1. The van der Waals surface area contributed by atoms with Crippen LogP contribution in [-0.2, 0) is 4.79 Å². The lowest BCUT2D eigenvalue weighted by molar-refractivity contribution is -0.135. The maximum absolute atomic E-state index is 12.8. The lowest BCUT2D eigenvalue weighted by atomic mass is 10.1. The first kappa shape index (κ1) is 12.6. The van der Waals surface area contributed by atoms with Crippen LogP contribution in [0.25, 0.3) is 0 Å². The number of alkyl halides is 2. The number of hydrogen-bond acceptors (Lipinski definition) is 2. The monoisotopic (exact) mass is 240 g/mol. The largest absolute Gasteiger partial charge is 0.336 e. The molecule has 6 heteroatoms. The molecule has 1 atom stereocenters. The fourth-order valence-electron chi connectivity index (χ4n) is 2.05. The van der Waals surface area contributed by atoms with Crippen molar-refractivity contribution in [3.05, 3.63) is 0 Å². The molecule has 0 radical (unpaired) electrons. The predicted molar refractivity (Wildman–Crippen MR) is 54.4 cm³/mol. The highest BCUT2D eigenvalue weighted by Gasteiger charge is 2.42. The fraction of sp³-hybridized carbons (Fsp3) is 0.889. The summed E-state index contributed by atoms with van der Waals surface area (Å²) in [6.07, 6.45) is 0.597. The van der Waals surface area contributed by atoms with E-state index in [2.05, 4.69) is 5.32 Å². The van der Waals surface area contributed by atoms with Crippen molar-refractivity contribution in [3.63, 3.8) is 0 Å². The number of hydrogen-bond donors (Lipinski definition) is 1. The van der Waals surface area contributed by atoms with Crippen molar-refractivity contribution >= 4 is 18.3 Å². The molecule has 0 spiro atoms. The number of rotatable bonds is 1. The zero-order valence-corrected chi connectivity index (χ0v) is 9.16. The molecule has 0 aromatic heterocycles. The first-order chi connectivity index (χ1) is 6.58. The molecule has 2 saturated heterocycles. The number of halogens is 3. The Labute approximate surface area is 93.6 Å². The highest BCUT2D eigenvalue weighted by molar-refractivity contribution is 5.85. The maximum atomic E-state index is 12.8. The molecule has 88 valence electrons. The van der Waals surface area contributed by atoms with Gasteiger partial charge < -0.3 is 10.2 Å². The van der Waals surface area contributed by atoms with Crippen molar-refractivity contribution in [1.29, 1.82) is 0 Å². The summed E-state index contributed by atoms with van der Waals surface area (Å²) in [6, 6.07) is 0. The molecule has 1 N–H and O–H groups in total. The molecule has 0 saturated carbocycles. The van der Waals surface area contributed by atoms with E-state index in [4.69, 9.17) is 0 Å². The Bertz CT molecular complexity index is 244. The second kappa shape index (κ2) is 4.61. The van der Waals surface area contributed by atoms with Gasteiger partial charge in [0.2, 0.25) is 5.91 Å². The van der Waals surface area contributed by atoms with Crippen molar-refractivity contribution in [1.82, 2.24) is 10.2 Å². The van der Waals surface area contributed by atoms with Gasteiger partial charge in [-0.15, -0.1) is 12.4 Å². The Kier molecular flexibility index (Phi) is 3.89. The second-order valence-electron chi connectivity index (χ2n) is 4.06. The highest BCUT2D eigenvalue weighted by Crippen LogP contribution is 2.28. The standard InChI is InChI=1S/C9H14F2N2O.ClH/c10-9(11)2-4-13(6-9)8(14)7-1-3-12-5-7;/h7,12H,1-6H2;1H. The van der Waals surface area contributed by atoms with Gasteiger partial charge in [-0.2, -0.15) is 0 Å². The molecule has 15 heavy (non-hydrogen) atoms. The van der Waals surface area contributed by atoms with Crippen LogP contribution in [0.3, 0.4) is 0 Å². The van der Waals surface area contributed by atoms with Crippen LogP contribution in [0.1, 0.15) is 12.8 Å². The quantitative estimate of drug-likeness (QED) is 0.738. The van der Waals surface area contributed by atoms with Crippen LogP contribution < -0.4 is 5.32 Å². The van der Waals surface area contributed by atoms with E-state index in [1.54, 1.807) is 0 Å². The molecular formula is C9H15ClF2N2O. The van der Waals surface area contributed by atoms with Crippen molar-refractivity contribution in [2.75, 3.05) is 26.2 Å². The van der Waals surface area contributed by atoms with E-state index in [1.165, 1.54) is 4.90 Å². The summed E-state index contributed by atoms with van der Waals surface area (Å²) in [5.41, 5.74) is 0. The van der Waals surface area contributed by atoms with Crippen LogP contribution in [0.4, 0.5) is 8.78 Å². The van der Waals surface area contributed by atoms with Gasteiger partial charge in [0.1, 0.15) is 0 Å². The zero-order chi connectivity index (χ0) is 10.2. The Morgan fingerprint density at radius 1 is 1.47 bits per heavy atom. The molecule has 2 aliphatic rings. The van der Waals surface area contributed by atoms with Crippen molar-refractivity contribution < 1.29 is 13.6 Å². The van der Waals surface area contributed by atoms with Gasteiger partial charge in [0.15, 0.2) is 0 Å². The van der Waals surface area contributed by atoms with Crippen molar-refractivity contribution in [2.45, 2.75) is 18.8 Å². The van der Waals surface area contributed by atoms with E-state index in [1.807, 2.05) is 0 Å². The van der Waals surface area contributed by atoms with Crippen LogP contribution in [0.5, 0.6) is 0 Å². The van der Waals surface area contributed by atoms with Gasteiger partial charge in [-0.05, 0) is 13.0 Å². The molecule has 0 aliphatic carbocycles. The number of nitrogens with one attached hydrogen (secondary N) is 1. The lowest BCUT2D eigenvalue weighted by Crippen LogP contribution is -2.36. The third-order valence-electron chi connectivity index (χ3n) is 2.89. The maximum Gasteiger partial charge on any atom is 0.267 e. The molecule has 1 unspecified atom stereocenters. The van der Waals surface area contributed by atoms with Crippen LogP contribution in [0, 0.1) is 5.92 Å². The number of amides is 1. The number of likely N-dealkylation sites (tertiary alicyclic amines) is 1. The van der Waals surface area contributed by atoms with Gasteiger partial charge in [-0.25, -0.2) is 8.78 Å². The van der Waals surface area contributed by atoms with Crippen LogP contribution in [0.2, 0.25) is 0 Å². The first-order valence-corrected chi connectivity index (χ1v) is 4.96. The topological polar surface area (TPSA) is 32.3 Å². The summed E-state index contributed by atoms with van der Waals surface area (Å²) < 4.78 is 25.7. The Morgan fingerprint density at radius 3 is 2.67 bits per heavy atom. The molecule has 1 amide bonds. The summed E-state index contributed by atoms with van der Waals surface area (Å²) in [7, 11) is 0. The van der Waals surface area contributed by atoms with Gasteiger partial charge in [0, 0.05) is 19.5 Å². The highest BCUT2D eigenvalue weighted by atomic mass is 35.5. The zero-order valence-electron chi connectivity index (χ0n) is 8.34. The SMILES string of the molecule is Cl.O=C(C1CCNC1)N1CCC(F)(F)C1. The Hall–Kier alpha value is -0.420. The van der Waals surface area contributed by atoms with E-state index < -0.39 is 5.92 Å². The van der Waals surface area contributed by atoms with E-state index in [0.29, 0.717) is 6.54 Å². The molecule has 3 nitrogen and oxygen atoms in total. The number of carbonyl (C=O) groups excluding carboxylic acids is 1. The second-order valence-corrected chi connectivity index (χ2v) is 4.06. The summed E-state index contributed by atoms with van der Waals surface area (Å²) >= 11 is 0. The molecule has 0 aromatic carbocycles. The average Bonchev–Trinajstić information content (AvgIpc) is 2.72. The lowest BCUT2D eigenvalue weighted by Gasteiger charge is -2.19. The van der Waals surface area contributed by atoms with Crippen molar-refractivity contribution in [2.24, 2.45) is 5.92 Å². The van der Waals surface area contributed by atoms with Gasteiger partial charge in [0.05, 0.1) is 12.5 Å². The number of carbonyl (C=O) groups is 1. The molecule has 2 aliphatic heterocycles. The average molecular weight is 241 g/mol. The molecule has 2 rings (SSSR count). The Morgan fingerprint density at radius 2 is 2.20 bits per heavy atom. The minimum Gasteiger partial charge on any atom is -0.336 e. The van der Waals surface area contributed by atoms with Crippen molar-refractivity contribution in [3.8, 4) is 0 Å². The van der Waals surface area contributed by atoms with E-state index in [0.717, 1.165) is 13.0 Å². The Balaban J connectivity index is 0.00000112. The minimum absolute atomic E-state index is 0. The van der Waals surface area contributed by atoms with Gasteiger partial charge in [-0.1, -0.05) is 0 Å². The van der Waals surface area contributed by atoms with E-state index >= 15 is 0 Å². The van der Waals surface area contributed by atoms with E-state index in [-0.39, 0.29) is 43.7 Å². The molecule has 0 bridgehead atoms. The first-order valence-electron chi connectivity index (χ1n) is 4.96. The predicted octanol–water partition coefficient (Wildman–Crippen LogP) is 0.885. The van der Waals surface area contributed by atoms with Gasteiger partial charge in [0.25, 0.3) is 5.92 Å². The summed E-state index contributed by atoms with van der Waals surface area (Å²) in [5, 5.41) is 3.06. The summed E-state index contributed by atoms with van der Waals surface area (Å²) in [4.78, 5) is 13.0. The van der Waals surface area contributed by atoms with Gasteiger partial charge in [-0.3, -0.25) is 4.79 Å². The smallest absolute Gasteiger partial charge is 0.267 e. The molecular weight excluding hydrogens is 226 g/mol. The summed E-state index contributed by atoms with van der Waals surface area (Å²) in [6.45, 7) is 1.28. The van der Waals surface area contributed by atoms with Crippen LogP contribution in [0.15, 0.2) is 0 Å². The van der Waals surface area contributed by atoms with Crippen LogP contribution >= 0.6 is 12.4 Å². The third-order valence-corrected chi connectivity index (χ3v) is 2.89. The van der Waals surface area contributed by atoms with Gasteiger partial charge >= 0.3 is 0 Å². The molecule has 0 aromatic rings. The molecule has 2 heterocycles.